The third kappa shape index (κ3) is 4.25. The Bertz CT molecular complexity index is 1040. The molecule has 0 spiro atoms. The largest absolute Gasteiger partial charge is 0.310 e. The molecule has 1 atom stereocenters. The quantitative estimate of drug-likeness (QED) is 0.326. The molecular weight excluding hydrogens is 350 g/mol. The van der Waals surface area contributed by atoms with Crippen molar-refractivity contribution in [2.45, 2.75) is 26.2 Å². The molecule has 0 bridgehead atoms. The maximum atomic E-state index is 2.33. The summed E-state index contributed by atoms with van der Waals surface area (Å²) in [6, 6.07) is 38.9. The Labute approximate surface area is 174 Å². The number of anilines is 3. The fraction of sp³-hybridized carbons (Fsp3) is 0.143. The van der Waals surface area contributed by atoms with E-state index in [9.17, 15) is 0 Å². The van der Waals surface area contributed by atoms with Gasteiger partial charge in [0, 0.05) is 17.1 Å². The van der Waals surface area contributed by atoms with Gasteiger partial charge in [0.2, 0.25) is 0 Å². The SMILES string of the molecule is CCC(C)c1cccc(N(c2ccccc2)c2ccc(-c3ccccc3)cc2)c1. The van der Waals surface area contributed by atoms with E-state index in [0.717, 1.165) is 12.1 Å². The second-order valence-corrected chi connectivity index (χ2v) is 7.49. The zero-order chi connectivity index (χ0) is 20.1. The summed E-state index contributed by atoms with van der Waals surface area (Å²) in [4.78, 5) is 2.33. The molecule has 0 heterocycles. The maximum absolute atomic E-state index is 2.33. The highest BCUT2D eigenvalue weighted by molar-refractivity contribution is 5.78. The molecule has 29 heavy (non-hydrogen) atoms. The van der Waals surface area contributed by atoms with Crippen molar-refractivity contribution in [1.82, 2.24) is 0 Å². The van der Waals surface area contributed by atoms with E-state index in [4.69, 9.17) is 0 Å². The molecule has 4 rings (SSSR count). The average molecular weight is 378 g/mol. The van der Waals surface area contributed by atoms with Crippen molar-refractivity contribution in [2.24, 2.45) is 0 Å². The van der Waals surface area contributed by atoms with Crippen molar-refractivity contribution in [3.05, 3.63) is 115 Å². The third-order valence-electron chi connectivity index (χ3n) is 5.56. The standard InChI is InChI=1S/C28H27N/c1-3-22(2)25-13-10-16-28(21-25)29(26-14-8-5-9-15-26)27-19-17-24(18-20-27)23-11-6-4-7-12-23/h4-22H,3H2,1-2H3. The van der Waals surface area contributed by atoms with E-state index >= 15 is 0 Å². The van der Waals surface area contributed by atoms with E-state index < -0.39 is 0 Å². The van der Waals surface area contributed by atoms with Gasteiger partial charge in [0.1, 0.15) is 0 Å². The van der Waals surface area contributed by atoms with Gasteiger partial charge in [-0.3, -0.25) is 0 Å². The van der Waals surface area contributed by atoms with Crippen LogP contribution in [0.25, 0.3) is 11.1 Å². The summed E-state index contributed by atoms with van der Waals surface area (Å²) in [5.41, 5.74) is 7.38. The fourth-order valence-corrected chi connectivity index (χ4v) is 3.66. The molecule has 0 radical (unpaired) electrons. The van der Waals surface area contributed by atoms with Crippen molar-refractivity contribution in [2.75, 3.05) is 4.90 Å². The van der Waals surface area contributed by atoms with E-state index in [-0.39, 0.29) is 0 Å². The highest BCUT2D eigenvalue weighted by atomic mass is 15.1. The number of benzene rings is 4. The predicted molar refractivity (Wildman–Crippen MR) is 125 cm³/mol. The Hall–Kier alpha value is -3.32. The van der Waals surface area contributed by atoms with Crippen molar-refractivity contribution in [1.29, 1.82) is 0 Å². The summed E-state index contributed by atoms with van der Waals surface area (Å²) in [5, 5.41) is 0. The molecule has 1 unspecified atom stereocenters. The lowest BCUT2D eigenvalue weighted by Gasteiger charge is -2.26. The molecule has 0 fully saturated rings. The molecule has 0 aliphatic heterocycles. The van der Waals surface area contributed by atoms with Crippen molar-refractivity contribution >= 4 is 17.1 Å². The Balaban J connectivity index is 1.76. The van der Waals surface area contributed by atoms with E-state index in [1.54, 1.807) is 0 Å². The minimum atomic E-state index is 0.549. The summed E-state index contributed by atoms with van der Waals surface area (Å²) in [7, 11) is 0. The van der Waals surface area contributed by atoms with Crippen LogP contribution in [0.4, 0.5) is 17.1 Å². The first-order chi connectivity index (χ1) is 14.3. The summed E-state index contributed by atoms with van der Waals surface area (Å²) in [6.07, 6.45) is 1.14. The van der Waals surface area contributed by atoms with Crippen LogP contribution in [0.15, 0.2) is 109 Å². The number of hydrogen-bond donors (Lipinski definition) is 0. The van der Waals surface area contributed by atoms with Crippen LogP contribution in [-0.2, 0) is 0 Å². The van der Waals surface area contributed by atoms with Crippen molar-refractivity contribution in [3.8, 4) is 11.1 Å². The first kappa shape index (κ1) is 19.0. The minimum Gasteiger partial charge on any atom is -0.310 e. The van der Waals surface area contributed by atoms with Gasteiger partial charge < -0.3 is 4.90 Å². The lowest BCUT2D eigenvalue weighted by molar-refractivity contribution is 0.733. The number of para-hydroxylation sites is 1. The molecule has 0 N–H and O–H groups in total. The molecule has 0 saturated heterocycles. The van der Waals surface area contributed by atoms with E-state index in [2.05, 4.69) is 128 Å². The third-order valence-corrected chi connectivity index (χ3v) is 5.56. The second kappa shape index (κ2) is 8.79. The summed E-state index contributed by atoms with van der Waals surface area (Å²) >= 11 is 0. The van der Waals surface area contributed by atoms with Crippen LogP contribution in [-0.4, -0.2) is 0 Å². The monoisotopic (exact) mass is 377 g/mol. The molecule has 1 nitrogen and oxygen atoms in total. The molecule has 0 aliphatic carbocycles. The zero-order valence-electron chi connectivity index (χ0n) is 17.1. The smallest absolute Gasteiger partial charge is 0.0464 e. The number of rotatable bonds is 6. The Morgan fingerprint density at radius 2 is 1.14 bits per heavy atom. The molecule has 0 saturated carbocycles. The maximum Gasteiger partial charge on any atom is 0.0464 e. The lowest BCUT2D eigenvalue weighted by Crippen LogP contribution is -2.10. The van der Waals surface area contributed by atoms with Crippen LogP contribution in [0.5, 0.6) is 0 Å². The molecule has 1 heteroatoms. The molecule has 4 aromatic carbocycles. The summed E-state index contributed by atoms with van der Waals surface area (Å²) in [5.74, 6) is 0.549. The lowest BCUT2D eigenvalue weighted by atomic mass is 9.98. The molecule has 4 aromatic rings. The van der Waals surface area contributed by atoms with Gasteiger partial charge in [-0.15, -0.1) is 0 Å². The van der Waals surface area contributed by atoms with Gasteiger partial charge in [-0.25, -0.2) is 0 Å². The molecule has 0 aromatic heterocycles. The highest BCUT2D eigenvalue weighted by Gasteiger charge is 2.14. The molecule has 144 valence electrons. The molecule has 0 amide bonds. The Morgan fingerprint density at radius 3 is 1.79 bits per heavy atom. The van der Waals surface area contributed by atoms with E-state index in [0.29, 0.717) is 5.92 Å². The second-order valence-electron chi connectivity index (χ2n) is 7.49. The van der Waals surface area contributed by atoms with Gasteiger partial charge in [-0.05, 0) is 65.4 Å². The molecule has 0 aliphatic rings. The van der Waals surface area contributed by atoms with Gasteiger partial charge in [0.05, 0.1) is 0 Å². The summed E-state index contributed by atoms with van der Waals surface area (Å²) in [6.45, 7) is 4.54. The van der Waals surface area contributed by atoms with Crippen LogP contribution < -0.4 is 4.90 Å². The van der Waals surface area contributed by atoms with E-state index in [1.807, 2.05) is 0 Å². The normalized spacial score (nSPS) is 11.8. The van der Waals surface area contributed by atoms with Gasteiger partial charge in [-0.2, -0.15) is 0 Å². The van der Waals surface area contributed by atoms with Crippen LogP contribution >= 0.6 is 0 Å². The van der Waals surface area contributed by atoms with Gasteiger partial charge in [0.15, 0.2) is 0 Å². The van der Waals surface area contributed by atoms with Crippen molar-refractivity contribution in [3.63, 3.8) is 0 Å². The Kier molecular flexibility index (Phi) is 5.76. The van der Waals surface area contributed by atoms with Crippen LogP contribution in [0.2, 0.25) is 0 Å². The molecular formula is C28H27N. The summed E-state index contributed by atoms with van der Waals surface area (Å²) < 4.78 is 0. The number of hydrogen-bond acceptors (Lipinski definition) is 1. The van der Waals surface area contributed by atoms with E-state index in [1.165, 1.54) is 28.1 Å². The van der Waals surface area contributed by atoms with Gasteiger partial charge in [0.25, 0.3) is 0 Å². The predicted octanol–water partition coefficient (Wildman–Crippen LogP) is 8.34. The topological polar surface area (TPSA) is 3.24 Å². The fourth-order valence-electron chi connectivity index (χ4n) is 3.66. The zero-order valence-corrected chi connectivity index (χ0v) is 17.1. The van der Waals surface area contributed by atoms with Crippen molar-refractivity contribution < 1.29 is 0 Å². The van der Waals surface area contributed by atoms with Gasteiger partial charge in [-0.1, -0.05) is 86.6 Å². The van der Waals surface area contributed by atoms with Gasteiger partial charge >= 0.3 is 0 Å². The number of nitrogens with zero attached hydrogens (tertiary/aromatic N) is 1. The first-order valence-electron chi connectivity index (χ1n) is 10.4. The van der Waals surface area contributed by atoms with Crippen LogP contribution in [0.3, 0.4) is 0 Å². The minimum absolute atomic E-state index is 0.549. The highest BCUT2D eigenvalue weighted by Crippen LogP contribution is 2.36. The Morgan fingerprint density at radius 1 is 0.586 bits per heavy atom. The van der Waals surface area contributed by atoms with Crippen LogP contribution in [0, 0.1) is 0 Å². The van der Waals surface area contributed by atoms with Crippen LogP contribution in [0.1, 0.15) is 31.7 Å². The first-order valence-corrected chi connectivity index (χ1v) is 10.4. The average Bonchev–Trinajstić information content (AvgIpc) is 2.81.